The van der Waals surface area contributed by atoms with E-state index in [1.807, 2.05) is 31.2 Å². The first kappa shape index (κ1) is 12.4. The first-order valence-electron chi connectivity index (χ1n) is 6.12. The van der Waals surface area contributed by atoms with Gasteiger partial charge in [0, 0.05) is 11.6 Å². The van der Waals surface area contributed by atoms with Crippen LogP contribution in [0.4, 0.5) is 0 Å². The molecule has 0 bridgehead atoms. The molecule has 2 heterocycles. The van der Waals surface area contributed by atoms with Gasteiger partial charge in [0.15, 0.2) is 0 Å². The molecule has 3 rings (SSSR count). The number of fused-ring (bicyclic) bond motifs is 1. The van der Waals surface area contributed by atoms with Crippen LogP contribution in [0.3, 0.4) is 0 Å². The number of benzene rings is 1. The molecule has 2 aromatic heterocycles. The largest absolute Gasteiger partial charge is 0.494 e. The van der Waals surface area contributed by atoms with Crippen LogP contribution in [-0.4, -0.2) is 22.4 Å². The van der Waals surface area contributed by atoms with Crippen LogP contribution >= 0.6 is 0 Å². The summed E-state index contributed by atoms with van der Waals surface area (Å²) in [4.78, 5) is 4.32. The molecule has 3 aromatic rings. The van der Waals surface area contributed by atoms with Gasteiger partial charge in [0.25, 0.3) is 0 Å². The molecule has 0 radical (unpaired) electrons. The lowest BCUT2D eigenvalue weighted by Crippen LogP contribution is -1.99. The van der Waals surface area contributed by atoms with Crippen molar-refractivity contribution < 1.29 is 14.1 Å². The van der Waals surface area contributed by atoms with E-state index in [-0.39, 0.29) is 0 Å². The molecule has 0 amide bonds. The minimum Gasteiger partial charge on any atom is -0.494 e. The van der Waals surface area contributed by atoms with Crippen molar-refractivity contribution in [2.24, 2.45) is 0 Å². The number of ether oxygens (including phenoxy) is 2. The van der Waals surface area contributed by atoms with Crippen molar-refractivity contribution in [1.82, 2.24) is 15.3 Å². The number of rotatable bonds is 4. The Balaban J connectivity index is 1.94. The number of hydrogen-bond donors (Lipinski definition) is 0. The van der Waals surface area contributed by atoms with E-state index in [1.54, 1.807) is 13.3 Å². The molecule has 0 unspecified atom stereocenters. The highest BCUT2D eigenvalue weighted by Crippen LogP contribution is 2.30. The molecule has 0 N–H and O–H groups in total. The molecule has 0 fully saturated rings. The molecule has 1 aromatic carbocycles. The number of hydrogen-bond acceptors (Lipinski definition) is 6. The SMILES string of the molecule is COc1cccc2c(OCc3nonc3C)ccnc12. The number of aryl methyl sites for hydroxylation is 1. The molecule has 0 aliphatic carbocycles. The van der Waals surface area contributed by atoms with Gasteiger partial charge in [0.2, 0.25) is 0 Å². The van der Waals surface area contributed by atoms with Gasteiger partial charge >= 0.3 is 0 Å². The molecule has 0 saturated heterocycles. The molecule has 0 aliphatic rings. The van der Waals surface area contributed by atoms with Gasteiger partial charge in [-0.05, 0) is 25.1 Å². The van der Waals surface area contributed by atoms with Crippen LogP contribution in [0.5, 0.6) is 11.5 Å². The highest BCUT2D eigenvalue weighted by molar-refractivity contribution is 5.89. The second kappa shape index (κ2) is 5.16. The molecule has 0 atom stereocenters. The highest BCUT2D eigenvalue weighted by atomic mass is 16.6. The molecular weight excluding hydrogens is 258 g/mol. The molecule has 6 nitrogen and oxygen atoms in total. The van der Waals surface area contributed by atoms with Crippen molar-refractivity contribution in [2.45, 2.75) is 13.5 Å². The topological polar surface area (TPSA) is 70.3 Å². The fourth-order valence-electron chi connectivity index (χ4n) is 1.94. The lowest BCUT2D eigenvalue weighted by Gasteiger charge is -2.09. The monoisotopic (exact) mass is 271 g/mol. The van der Waals surface area contributed by atoms with E-state index in [2.05, 4.69) is 19.9 Å². The first-order valence-corrected chi connectivity index (χ1v) is 6.12. The van der Waals surface area contributed by atoms with Crippen molar-refractivity contribution >= 4 is 10.9 Å². The maximum absolute atomic E-state index is 5.79. The molecule has 102 valence electrons. The lowest BCUT2D eigenvalue weighted by molar-refractivity contribution is 0.271. The van der Waals surface area contributed by atoms with Gasteiger partial charge in [-0.3, -0.25) is 4.98 Å². The zero-order valence-electron chi connectivity index (χ0n) is 11.2. The number of para-hydroxylation sites is 1. The standard InChI is InChI=1S/C14H13N3O3/c1-9-11(17-20-16-9)8-19-12-6-7-15-14-10(12)4-3-5-13(14)18-2/h3-7H,8H2,1-2H3. The molecule has 0 saturated carbocycles. The summed E-state index contributed by atoms with van der Waals surface area (Å²) in [5.41, 5.74) is 2.17. The molecule has 20 heavy (non-hydrogen) atoms. The van der Waals surface area contributed by atoms with E-state index in [1.165, 1.54) is 0 Å². The van der Waals surface area contributed by atoms with E-state index in [0.29, 0.717) is 18.1 Å². The average Bonchev–Trinajstić information content (AvgIpc) is 2.89. The Hall–Kier alpha value is -2.63. The van der Waals surface area contributed by atoms with Crippen LogP contribution in [0.15, 0.2) is 35.1 Å². The van der Waals surface area contributed by atoms with Crippen LogP contribution in [-0.2, 0) is 6.61 Å². The Bertz CT molecular complexity index is 739. The fourth-order valence-corrected chi connectivity index (χ4v) is 1.94. The summed E-state index contributed by atoms with van der Waals surface area (Å²) in [5.74, 6) is 1.43. The van der Waals surface area contributed by atoms with Crippen molar-refractivity contribution in [2.75, 3.05) is 7.11 Å². The van der Waals surface area contributed by atoms with Gasteiger partial charge in [-0.25, -0.2) is 4.63 Å². The van der Waals surface area contributed by atoms with Crippen molar-refractivity contribution in [3.63, 3.8) is 0 Å². The molecule has 0 aliphatic heterocycles. The second-order valence-corrected chi connectivity index (χ2v) is 4.25. The summed E-state index contributed by atoms with van der Waals surface area (Å²) in [6.07, 6.45) is 1.69. The van der Waals surface area contributed by atoms with Crippen LogP contribution in [0, 0.1) is 6.92 Å². The predicted molar refractivity (Wildman–Crippen MR) is 71.7 cm³/mol. The summed E-state index contributed by atoms with van der Waals surface area (Å²) in [6.45, 7) is 2.12. The number of aromatic nitrogens is 3. The Kier molecular flexibility index (Phi) is 3.20. The zero-order valence-corrected chi connectivity index (χ0v) is 11.2. The molecule has 0 spiro atoms. The molecular formula is C14H13N3O3. The summed E-state index contributed by atoms with van der Waals surface area (Å²) in [6, 6.07) is 7.52. The summed E-state index contributed by atoms with van der Waals surface area (Å²) < 4.78 is 15.7. The van der Waals surface area contributed by atoms with Crippen LogP contribution in [0.25, 0.3) is 10.9 Å². The van der Waals surface area contributed by atoms with Crippen LogP contribution in [0.1, 0.15) is 11.4 Å². The van der Waals surface area contributed by atoms with E-state index >= 15 is 0 Å². The van der Waals surface area contributed by atoms with E-state index < -0.39 is 0 Å². The van der Waals surface area contributed by atoms with Crippen LogP contribution < -0.4 is 9.47 Å². The van der Waals surface area contributed by atoms with Gasteiger partial charge in [-0.1, -0.05) is 16.4 Å². The smallest absolute Gasteiger partial charge is 0.145 e. The van der Waals surface area contributed by atoms with Crippen molar-refractivity contribution in [3.8, 4) is 11.5 Å². The fraction of sp³-hybridized carbons (Fsp3) is 0.214. The van der Waals surface area contributed by atoms with E-state index in [4.69, 9.17) is 9.47 Å². The van der Waals surface area contributed by atoms with Gasteiger partial charge in [-0.2, -0.15) is 0 Å². The maximum atomic E-state index is 5.79. The molecule has 6 heteroatoms. The minimum atomic E-state index is 0.297. The normalized spacial score (nSPS) is 10.7. The van der Waals surface area contributed by atoms with Gasteiger partial charge in [0.05, 0.1) is 7.11 Å². The maximum Gasteiger partial charge on any atom is 0.145 e. The second-order valence-electron chi connectivity index (χ2n) is 4.25. The number of pyridine rings is 1. The third-order valence-corrected chi connectivity index (χ3v) is 3.02. The third-order valence-electron chi connectivity index (χ3n) is 3.02. The van der Waals surface area contributed by atoms with E-state index in [0.717, 1.165) is 22.3 Å². The lowest BCUT2D eigenvalue weighted by atomic mass is 10.2. The highest BCUT2D eigenvalue weighted by Gasteiger charge is 2.10. The Labute approximate surface area is 115 Å². The quantitative estimate of drug-likeness (QED) is 0.726. The Morgan fingerprint density at radius 1 is 1.15 bits per heavy atom. The Morgan fingerprint density at radius 2 is 2.05 bits per heavy atom. The van der Waals surface area contributed by atoms with Crippen molar-refractivity contribution in [3.05, 3.63) is 41.9 Å². The Morgan fingerprint density at radius 3 is 2.80 bits per heavy atom. The summed E-state index contributed by atoms with van der Waals surface area (Å²) in [7, 11) is 1.62. The predicted octanol–water partition coefficient (Wildman–Crippen LogP) is 2.51. The van der Waals surface area contributed by atoms with Crippen LogP contribution in [0.2, 0.25) is 0 Å². The first-order chi connectivity index (χ1) is 9.79. The third kappa shape index (κ3) is 2.16. The summed E-state index contributed by atoms with van der Waals surface area (Å²) >= 11 is 0. The summed E-state index contributed by atoms with van der Waals surface area (Å²) in [5, 5.41) is 8.40. The van der Waals surface area contributed by atoms with Gasteiger partial charge in [-0.15, -0.1) is 0 Å². The van der Waals surface area contributed by atoms with Crippen molar-refractivity contribution in [1.29, 1.82) is 0 Å². The zero-order chi connectivity index (χ0) is 13.9. The number of nitrogens with zero attached hydrogens (tertiary/aromatic N) is 3. The van der Waals surface area contributed by atoms with Gasteiger partial charge < -0.3 is 9.47 Å². The minimum absolute atomic E-state index is 0.297. The number of methoxy groups -OCH3 is 1. The van der Waals surface area contributed by atoms with E-state index in [9.17, 15) is 0 Å². The van der Waals surface area contributed by atoms with Gasteiger partial charge in [0.1, 0.15) is 35.0 Å². The average molecular weight is 271 g/mol.